The fourth-order valence-corrected chi connectivity index (χ4v) is 4.76. The Labute approximate surface area is 175 Å². The molecular weight excluding hydrogens is 363 g/mol. The highest BCUT2D eigenvalue weighted by molar-refractivity contribution is 6.62. The molecule has 0 aromatic heterocycles. The molecule has 1 aromatic carbocycles. The summed E-state index contributed by atoms with van der Waals surface area (Å²) in [6, 6.07) is 8.79. The molecule has 5 nitrogen and oxygen atoms in total. The summed E-state index contributed by atoms with van der Waals surface area (Å²) in [4.78, 5) is 17.8. The molecular formula is C23H35BN2O3. The van der Waals surface area contributed by atoms with Crippen LogP contribution in [0.15, 0.2) is 24.3 Å². The standard InChI is InChI=1S/C23H35BN2O3/c1-17-8-6-14-25(17)16-20-9-7-15-26(20)21(27)18-10-12-19(13-11-18)24-28-22(2,3)23(4,5)29-24/h10-13,17,20H,6-9,14-16H2,1-5H3/t17-,20?/m0/s1. The van der Waals surface area contributed by atoms with Crippen molar-refractivity contribution >= 4 is 18.5 Å². The van der Waals surface area contributed by atoms with Gasteiger partial charge in [-0.2, -0.15) is 0 Å². The van der Waals surface area contributed by atoms with Crippen LogP contribution in [0.1, 0.15) is 70.7 Å². The van der Waals surface area contributed by atoms with Crippen LogP contribution in [0.5, 0.6) is 0 Å². The first-order valence-electron chi connectivity index (χ1n) is 11.2. The summed E-state index contributed by atoms with van der Waals surface area (Å²) >= 11 is 0. The molecule has 2 atom stereocenters. The second-order valence-corrected chi connectivity index (χ2v) is 9.99. The Kier molecular flexibility index (Phi) is 5.56. The maximum absolute atomic E-state index is 13.2. The van der Waals surface area contributed by atoms with Gasteiger partial charge in [0.15, 0.2) is 0 Å². The molecule has 3 aliphatic rings. The SMILES string of the molecule is C[C@H]1CCCN1CC1CCCN1C(=O)c1ccc(B2OC(C)(C)C(C)(C)O2)cc1. The molecule has 0 aliphatic carbocycles. The molecule has 0 saturated carbocycles. The molecule has 1 unspecified atom stereocenters. The van der Waals surface area contributed by atoms with Crippen LogP contribution < -0.4 is 5.46 Å². The smallest absolute Gasteiger partial charge is 0.399 e. The van der Waals surface area contributed by atoms with Crippen LogP contribution in [0.25, 0.3) is 0 Å². The van der Waals surface area contributed by atoms with E-state index in [0.717, 1.165) is 37.0 Å². The Hall–Kier alpha value is -1.37. The third-order valence-electron chi connectivity index (χ3n) is 7.46. The van der Waals surface area contributed by atoms with Crippen LogP contribution in [-0.4, -0.2) is 65.7 Å². The van der Waals surface area contributed by atoms with Crippen molar-refractivity contribution in [3.05, 3.63) is 29.8 Å². The van der Waals surface area contributed by atoms with E-state index in [1.54, 1.807) is 0 Å². The molecule has 0 bridgehead atoms. The topological polar surface area (TPSA) is 42.0 Å². The van der Waals surface area contributed by atoms with Gasteiger partial charge in [0.1, 0.15) is 0 Å². The average molecular weight is 398 g/mol. The van der Waals surface area contributed by atoms with E-state index >= 15 is 0 Å². The normalized spacial score (nSPS) is 29.0. The van der Waals surface area contributed by atoms with Gasteiger partial charge in [-0.05, 0) is 84.4 Å². The first-order valence-corrected chi connectivity index (χ1v) is 11.2. The number of rotatable bonds is 4. The zero-order valence-electron chi connectivity index (χ0n) is 18.6. The third kappa shape index (κ3) is 3.99. The van der Waals surface area contributed by atoms with Crippen LogP contribution in [0.3, 0.4) is 0 Å². The van der Waals surface area contributed by atoms with Gasteiger partial charge in [-0.15, -0.1) is 0 Å². The van der Waals surface area contributed by atoms with Crippen molar-refractivity contribution in [2.45, 2.75) is 83.6 Å². The lowest BCUT2D eigenvalue weighted by Crippen LogP contribution is -2.44. The summed E-state index contributed by atoms with van der Waals surface area (Å²) in [5.74, 6) is 0.153. The van der Waals surface area contributed by atoms with E-state index in [0.29, 0.717) is 12.1 Å². The zero-order chi connectivity index (χ0) is 20.8. The van der Waals surface area contributed by atoms with Crippen LogP contribution in [0, 0.1) is 0 Å². The number of benzene rings is 1. The first kappa shape index (κ1) is 20.9. The monoisotopic (exact) mass is 398 g/mol. The van der Waals surface area contributed by atoms with Crippen LogP contribution in [0.4, 0.5) is 0 Å². The van der Waals surface area contributed by atoms with E-state index in [1.165, 1.54) is 19.4 Å². The average Bonchev–Trinajstić information content (AvgIpc) is 3.34. The molecule has 3 saturated heterocycles. The lowest BCUT2D eigenvalue weighted by molar-refractivity contribution is 0.00578. The minimum atomic E-state index is -0.389. The zero-order valence-corrected chi connectivity index (χ0v) is 18.6. The van der Waals surface area contributed by atoms with Gasteiger partial charge >= 0.3 is 7.12 Å². The number of hydrogen-bond acceptors (Lipinski definition) is 4. The number of carbonyl (C=O) groups is 1. The fraction of sp³-hybridized carbons (Fsp3) is 0.696. The predicted octanol–water partition coefficient (Wildman–Crippen LogP) is 3.07. The largest absolute Gasteiger partial charge is 0.494 e. The van der Waals surface area contributed by atoms with E-state index in [4.69, 9.17) is 9.31 Å². The molecule has 3 fully saturated rings. The van der Waals surface area contributed by atoms with Gasteiger partial charge in [-0.1, -0.05) is 12.1 Å². The summed E-state index contributed by atoms with van der Waals surface area (Å²) in [6.45, 7) is 13.6. The molecule has 0 N–H and O–H groups in total. The van der Waals surface area contributed by atoms with Gasteiger partial charge in [0.2, 0.25) is 0 Å². The maximum Gasteiger partial charge on any atom is 0.494 e. The van der Waals surface area contributed by atoms with Crippen molar-refractivity contribution in [2.75, 3.05) is 19.6 Å². The van der Waals surface area contributed by atoms with Crippen molar-refractivity contribution in [2.24, 2.45) is 0 Å². The molecule has 29 heavy (non-hydrogen) atoms. The number of carbonyl (C=O) groups excluding carboxylic acids is 1. The van der Waals surface area contributed by atoms with E-state index in [1.807, 2.05) is 24.3 Å². The van der Waals surface area contributed by atoms with Gasteiger partial charge in [0, 0.05) is 30.7 Å². The predicted molar refractivity (Wildman–Crippen MR) is 116 cm³/mol. The summed E-state index contributed by atoms with van der Waals surface area (Å²) < 4.78 is 12.3. The minimum Gasteiger partial charge on any atom is -0.399 e. The number of likely N-dealkylation sites (tertiary alicyclic amines) is 2. The van der Waals surface area contributed by atoms with Gasteiger partial charge in [-0.3, -0.25) is 9.69 Å². The first-order chi connectivity index (χ1) is 13.7. The Bertz CT molecular complexity index is 733. The maximum atomic E-state index is 13.2. The second kappa shape index (κ2) is 7.71. The molecule has 0 radical (unpaired) electrons. The van der Waals surface area contributed by atoms with Crippen molar-refractivity contribution in [3.63, 3.8) is 0 Å². The summed E-state index contributed by atoms with van der Waals surface area (Å²) in [6.07, 6.45) is 4.77. The van der Waals surface area contributed by atoms with Gasteiger partial charge < -0.3 is 14.2 Å². The molecule has 1 amide bonds. The molecule has 158 valence electrons. The van der Waals surface area contributed by atoms with Gasteiger partial charge in [0.05, 0.1) is 11.2 Å². The highest BCUT2D eigenvalue weighted by Crippen LogP contribution is 2.36. The van der Waals surface area contributed by atoms with E-state index in [9.17, 15) is 4.79 Å². The molecule has 0 spiro atoms. The Morgan fingerprint density at radius 3 is 2.24 bits per heavy atom. The minimum absolute atomic E-state index is 0.153. The lowest BCUT2D eigenvalue weighted by atomic mass is 9.79. The second-order valence-electron chi connectivity index (χ2n) is 9.99. The van der Waals surface area contributed by atoms with Crippen LogP contribution >= 0.6 is 0 Å². The van der Waals surface area contributed by atoms with Gasteiger partial charge in [0.25, 0.3) is 5.91 Å². The van der Waals surface area contributed by atoms with Crippen molar-refractivity contribution in [3.8, 4) is 0 Å². The van der Waals surface area contributed by atoms with Crippen LogP contribution in [0.2, 0.25) is 0 Å². The van der Waals surface area contributed by atoms with Gasteiger partial charge in [-0.25, -0.2) is 0 Å². The molecule has 4 rings (SSSR count). The van der Waals surface area contributed by atoms with E-state index < -0.39 is 0 Å². The fourth-order valence-electron chi connectivity index (χ4n) is 4.76. The number of hydrogen-bond donors (Lipinski definition) is 0. The molecule has 3 heterocycles. The van der Waals surface area contributed by atoms with E-state index in [-0.39, 0.29) is 24.2 Å². The summed E-state index contributed by atoms with van der Waals surface area (Å²) in [7, 11) is -0.389. The molecule has 1 aromatic rings. The summed E-state index contributed by atoms with van der Waals surface area (Å²) in [5.41, 5.74) is 0.999. The number of nitrogens with zero attached hydrogens (tertiary/aromatic N) is 2. The van der Waals surface area contributed by atoms with Crippen molar-refractivity contribution in [1.82, 2.24) is 9.80 Å². The third-order valence-corrected chi connectivity index (χ3v) is 7.46. The Balaban J connectivity index is 1.43. The highest BCUT2D eigenvalue weighted by atomic mass is 16.7. The quantitative estimate of drug-likeness (QED) is 0.732. The van der Waals surface area contributed by atoms with E-state index in [2.05, 4.69) is 44.4 Å². The molecule has 6 heteroatoms. The Morgan fingerprint density at radius 2 is 1.66 bits per heavy atom. The molecule has 3 aliphatic heterocycles. The summed E-state index contributed by atoms with van der Waals surface area (Å²) in [5, 5.41) is 0. The lowest BCUT2D eigenvalue weighted by Gasteiger charge is -2.32. The number of amides is 1. The van der Waals surface area contributed by atoms with Crippen molar-refractivity contribution < 1.29 is 14.1 Å². The van der Waals surface area contributed by atoms with Crippen molar-refractivity contribution in [1.29, 1.82) is 0 Å². The van der Waals surface area contributed by atoms with Crippen LogP contribution in [-0.2, 0) is 9.31 Å². The Morgan fingerprint density at radius 1 is 1.03 bits per heavy atom. The highest BCUT2D eigenvalue weighted by Gasteiger charge is 2.51.